The molecule has 0 spiro atoms. The Kier molecular flexibility index (Phi) is 6.39. The van der Waals surface area contributed by atoms with Crippen molar-refractivity contribution < 1.29 is 9.59 Å². The van der Waals surface area contributed by atoms with Crippen LogP contribution in [-0.4, -0.2) is 28.7 Å². The van der Waals surface area contributed by atoms with Crippen molar-refractivity contribution in [2.24, 2.45) is 0 Å². The zero-order valence-electron chi connectivity index (χ0n) is 16.9. The van der Waals surface area contributed by atoms with Crippen molar-refractivity contribution in [3.05, 3.63) is 95.3 Å². The van der Waals surface area contributed by atoms with E-state index >= 15 is 0 Å². The van der Waals surface area contributed by atoms with E-state index in [4.69, 9.17) is 0 Å². The summed E-state index contributed by atoms with van der Waals surface area (Å²) in [4.78, 5) is 31.1. The number of hydrogen-bond donors (Lipinski definition) is 1. The Bertz CT molecular complexity index is 983. The molecule has 2 aromatic carbocycles. The van der Waals surface area contributed by atoms with Crippen LogP contribution < -0.4 is 5.32 Å². The molecule has 1 N–H and O–H groups in total. The number of carbonyl (C=O) groups excluding carboxylic acids is 2. The highest BCUT2D eigenvalue weighted by Gasteiger charge is 2.15. The normalized spacial score (nSPS) is 10.6. The maximum absolute atomic E-state index is 12.7. The number of pyridine rings is 1. The minimum atomic E-state index is -0.345. The molecule has 3 rings (SSSR count). The fraction of sp³-hybridized carbons (Fsp3) is 0.208. The summed E-state index contributed by atoms with van der Waals surface area (Å²) in [5, 5.41) is 2.83. The van der Waals surface area contributed by atoms with Gasteiger partial charge in [0.1, 0.15) is 5.69 Å². The summed E-state index contributed by atoms with van der Waals surface area (Å²) < 4.78 is 0. The molecule has 0 aliphatic carbocycles. The Labute approximate surface area is 171 Å². The topological polar surface area (TPSA) is 62.3 Å². The highest BCUT2D eigenvalue weighted by molar-refractivity contribution is 6.04. The Morgan fingerprint density at radius 1 is 1.00 bits per heavy atom. The molecule has 1 aromatic heterocycles. The predicted octanol–water partition coefficient (Wildman–Crippen LogP) is 4.73. The van der Waals surface area contributed by atoms with Gasteiger partial charge in [-0.2, -0.15) is 0 Å². The molecular formula is C24H25N3O2. The van der Waals surface area contributed by atoms with Crippen LogP contribution in [0.2, 0.25) is 0 Å². The molecule has 0 saturated heterocycles. The van der Waals surface area contributed by atoms with Gasteiger partial charge in [-0.25, -0.2) is 0 Å². The van der Waals surface area contributed by atoms with Crippen molar-refractivity contribution in [3.63, 3.8) is 0 Å². The zero-order chi connectivity index (χ0) is 20.8. The number of aromatic nitrogens is 1. The highest BCUT2D eigenvalue weighted by Crippen LogP contribution is 2.18. The molecule has 29 heavy (non-hydrogen) atoms. The Balaban J connectivity index is 1.69. The van der Waals surface area contributed by atoms with Gasteiger partial charge in [0.2, 0.25) is 0 Å². The molecule has 5 heteroatoms. The predicted molar refractivity (Wildman–Crippen MR) is 115 cm³/mol. The summed E-state index contributed by atoms with van der Waals surface area (Å²) in [6, 6.07) is 20.6. The largest absolute Gasteiger partial charge is 0.337 e. The van der Waals surface area contributed by atoms with Crippen molar-refractivity contribution in [3.8, 4) is 0 Å². The van der Waals surface area contributed by atoms with Crippen LogP contribution in [-0.2, 0) is 6.54 Å². The van der Waals surface area contributed by atoms with Crippen LogP contribution in [0.25, 0.3) is 0 Å². The van der Waals surface area contributed by atoms with Crippen molar-refractivity contribution in [2.75, 3.05) is 12.4 Å². The Morgan fingerprint density at radius 2 is 1.69 bits per heavy atom. The van der Waals surface area contributed by atoms with Crippen LogP contribution in [0.5, 0.6) is 0 Å². The van der Waals surface area contributed by atoms with E-state index in [1.165, 1.54) is 17.8 Å². The number of nitrogens with one attached hydrogen (secondary N) is 1. The number of anilines is 1. The Hall–Kier alpha value is -3.47. The third-order valence-electron chi connectivity index (χ3n) is 4.68. The van der Waals surface area contributed by atoms with Gasteiger partial charge < -0.3 is 10.2 Å². The number of nitrogens with zero attached hydrogens (tertiary/aromatic N) is 2. The molecule has 0 fully saturated rings. The summed E-state index contributed by atoms with van der Waals surface area (Å²) in [6.07, 6.45) is 1.49. The van der Waals surface area contributed by atoms with Crippen LogP contribution in [0.3, 0.4) is 0 Å². The summed E-state index contributed by atoms with van der Waals surface area (Å²) in [6.45, 7) is 4.73. The molecule has 1 heterocycles. The average Bonchev–Trinajstić information content (AvgIpc) is 2.74. The number of hydrogen-bond acceptors (Lipinski definition) is 3. The van der Waals surface area contributed by atoms with Crippen molar-refractivity contribution in [1.29, 1.82) is 0 Å². The lowest BCUT2D eigenvalue weighted by molar-refractivity contribution is 0.0785. The first-order valence-electron chi connectivity index (χ1n) is 9.61. The summed E-state index contributed by atoms with van der Waals surface area (Å²) in [5.41, 5.74) is 3.57. The minimum absolute atomic E-state index is 0.161. The monoisotopic (exact) mass is 387 g/mol. The van der Waals surface area contributed by atoms with Crippen molar-refractivity contribution in [2.45, 2.75) is 26.3 Å². The first-order chi connectivity index (χ1) is 13.9. The van der Waals surface area contributed by atoms with Gasteiger partial charge in [0.25, 0.3) is 11.8 Å². The zero-order valence-corrected chi connectivity index (χ0v) is 16.9. The second kappa shape index (κ2) is 9.15. The van der Waals surface area contributed by atoms with E-state index < -0.39 is 0 Å². The molecule has 0 bridgehead atoms. The molecule has 0 radical (unpaired) electrons. The molecule has 3 aromatic rings. The van der Waals surface area contributed by atoms with Gasteiger partial charge in [-0.3, -0.25) is 14.6 Å². The molecular weight excluding hydrogens is 362 g/mol. The summed E-state index contributed by atoms with van der Waals surface area (Å²) >= 11 is 0. The van der Waals surface area contributed by atoms with Crippen LogP contribution in [0.4, 0.5) is 5.69 Å². The molecule has 0 aliphatic heterocycles. The molecule has 0 aliphatic rings. The third kappa shape index (κ3) is 5.29. The van der Waals surface area contributed by atoms with Gasteiger partial charge in [-0.15, -0.1) is 0 Å². The fourth-order valence-electron chi connectivity index (χ4n) is 2.98. The van der Waals surface area contributed by atoms with E-state index in [0.29, 0.717) is 23.7 Å². The maximum atomic E-state index is 12.7. The number of carbonyl (C=O) groups is 2. The van der Waals surface area contributed by atoms with Gasteiger partial charge in [0.15, 0.2) is 0 Å². The summed E-state index contributed by atoms with van der Waals surface area (Å²) in [7, 11) is 1.74. The van der Waals surface area contributed by atoms with E-state index in [9.17, 15) is 9.59 Å². The van der Waals surface area contributed by atoms with E-state index in [-0.39, 0.29) is 17.5 Å². The van der Waals surface area contributed by atoms with Crippen molar-refractivity contribution in [1.82, 2.24) is 9.88 Å². The lowest BCUT2D eigenvalue weighted by Gasteiger charge is -2.17. The molecule has 148 valence electrons. The SMILES string of the molecule is CC(C)c1ccc(NC(=O)c2cc(C(=O)N(C)Cc3ccccc3)ccn2)cc1. The lowest BCUT2D eigenvalue weighted by Crippen LogP contribution is -2.26. The van der Waals surface area contributed by atoms with Gasteiger partial charge in [-0.05, 0) is 41.3 Å². The van der Waals surface area contributed by atoms with E-state index in [0.717, 1.165) is 5.56 Å². The van der Waals surface area contributed by atoms with Crippen LogP contribution in [0.1, 0.15) is 51.7 Å². The number of benzene rings is 2. The lowest BCUT2D eigenvalue weighted by atomic mass is 10.0. The number of amides is 2. The van der Waals surface area contributed by atoms with Gasteiger partial charge in [0.05, 0.1) is 0 Å². The van der Waals surface area contributed by atoms with Gasteiger partial charge in [-0.1, -0.05) is 56.3 Å². The first kappa shape index (κ1) is 20.3. The van der Waals surface area contributed by atoms with E-state index in [2.05, 4.69) is 24.1 Å². The standard InChI is InChI=1S/C24H25N3O2/c1-17(2)19-9-11-21(12-10-19)26-23(28)22-15-20(13-14-25-22)24(29)27(3)16-18-7-5-4-6-8-18/h4-15,17H,16H2,1-3H3,(H,26,28). The summed E-state index contributed by atoms with van der Waals surface area (Å²) in [5.74, 6) is -0.0776. The van der Waals surface area contributed by atoms with Crippen LogP contribution in [0, 0.1) is 0 Å². The first-order valence-corrected chi connectivity index (χ1v) is 9.61. The van der Waals surface area contributed by atoms with E-state index in [1.807, 2.05) is 54.6 Å². The number of rotatable bonds is 6. The second-order valence-corrected chi connectivity index (χ2v) is 7.31. The smallest absolute Gasteiger partial charge is 0.274 e. The van der Waals surface area contributed by atoms with Crippen molar-refractivity contribution >= 4 is 17.5 Å². The van der Waals surface area contributed by atoms with Gasteiger partial charge >= 0.3 is 0 Å². The second-order valence-electron chi connectivity index (χ2n) is 7.31. The molecule has 2 amide bonds. The van der Waals surface area contributed by atoms with E-state index in [1.54, 1.807) is 18.0 Å². The molecule has 5 nitrogen and oxygen atoms in total. The average molecular weight is 387 g/mol. The molecule has 0 atom stereocenters. The third-order valence-corrected chi connectivity index (χ3v) is 4.68. The van der Waals surface area contributed by atoms with Crippen LogP contribution >= 0.6 is 0 Å². The fourth-order valence-corrected chi connectivity index (χ4v) is 2.98. The quantitative estimate of drug-likeness (QED) is 0.665. The maximum Gasteiger partial charge on any atom is 0.274 e. The van der Waals surface area contributed by atoms with Gasteiger partial charge in [0, 0.05) is 31.0 Å². The highest BCUT2D eigenvalue weighted by atomic mass is 16.2. The molecule has 0 unspecified atom stereocenters. The van der Waals surface area contributed by atoms with Crippen LogP contribution in [0.15, 0.2) is 72.9 Å². The Morgan fingerprint density at radius 3 is 2.34 bits per heavy atom. The minimum Gasteiger partial charge on any atom is -0.337 e. The molecule has 0 saturated carbocycles.